The molecule has 0 aliphatic heterocycles. The molecule has 1 N–H and O–H groups in total. The molecule has 0 fully saturated rings. The van der Waals surface area contributed by atoms with E-state index in [4.69, 9.17) is 4.74 Å². The highest BCUT2D eigenvalue weighted by Crippen LogP contribution is 2.29. The fourth-order valence-electron chi connectivity index (χ4n) is 2.05. The molecular formula is C13H25N3O. The van der Waals surface area contributed by atoms with Crippen LogP contribution in [-0.4, -0.2) is 23.4 Å². The van der Waals surface area contributed by atoms with Crippen LogP contribution in [0.2, 0.25) is 0 Å². The zero-order chi connectivity index (χ0) is 12.8. The van der Waals surface area contributed by atoms with Crippen molar-refractivity contribution in [3.05, 3.63) is 11.9 Å². The second kappa shape index (κ2) is 6.64. The molecule has 4 nitrogen and oxygen atoms in total. The summed E-state index contributed by atoms with van der Waals surface area (Å²) in [5.41, 5.74) is 1.17. The quantitative estimate of drug-likeness (QED) is 0.795. The number of nitrogens with one attached hydrogen (secondary N) is 1. The first-order valence-electron chi connectivity index (χ1n) is 6.48. The van der Waals surface area contributed by atoms with Gasteiger partial charge in [-0.2, -0.15) is 5.10 Å². The van der Waals surface area contributed by atoms with Crippen LogP contribution in [0.3, 0.4) is 0 Å². The SMILES string of the molecule is CCCNC(c1c(OC)cnn1CC)C(C)C. The Balaban J connectivity index is 3.02. The van der Waals surface area contributed by atoms with E-state index in [0.29, 0.717) is 12.0 Å². The van der Waals surface area contributed by atoms with Gasteiger partial charge in [0.25, 0.3) is 0 Å². The third-order valence-electron chi connectivity index (χ3n) is 2.94. The van der Waals surface area contributed by atoms with Gasteiger partial charge in [-0.1, -0.05) is 20.8 Å². The second-order valence-electron chi connectivity index (χ2n) is 4.59. The molecule has 1 unspecified atom stereocenters. The van der Waals surface area contributed by atoms with E-state index in [1.807, 2.05) is 10.9 Å². The molecule has 0 amide bonds. The number of ether oxygens (including phenoxy) is 1. The molecule has 0 aromatic carbocycles. The van der Waals surface area contributed by atoms with Crippen LogP contribution in [0.5, 0.6) is 5.75 Å². The van der Waals surface area contributed by atoms with Crippen LogP contribution in [0.1, 0.15) is 45.9 Å². The van der Waals surface area contributed by atoms with Crippen molar-refractivity contribution in [2.24, 2.45) is 5.92 Å². The normalized spacial score (nSPS) is 13.1. The van der Waals surface area contributed by atoms with Crippen LogP contribution < -0.4 is 10.1 Å². The summed E-state index contributed by atoms with van der Waals surface area (Å²) >= 11 is 0. The van der Waals surface area contributed by atoms with Crippen molar-refractivity contribution in [1.82, 2.24) is 15.1 Å². The summed E-state index contributed by atoms with van der Waals surface area (Å²) in [6, 6.07) is 0.298. The summed E-state index contributed by atoms with van der Waals surface area (Å²) in [6.45, 7) is 10.6. The Morgan fingerprint density at radius 3 is 2.59 bits per heavy atom. The average molecular weight is 239 g/mol. The zero-order valence-corrected chi connectivity index (χ0v) is 11.7. The van der Waals surface area contributed by atoms with Crippen LogP contribution in [-0.2, 0) is 6.54 Å². The Bertz CT molecular complexity index is 312. The fraction of sp³-hybridized carbons (Fsp3) is 0.769. The molecule has 0 saturated heterocycles. The summed E-state index contributed by atoms with van der Waals surface area (Å²) in [5, 5.41) is 7.95. The van der Waals surface area contributed by atoms with E-state index in [9.17, 15) is 0 Å². The first-order valence-corrected chi connectivity index (χ1v) is 6.48. The van der Waals surface area contributed by atoms with Gasteiger partial charge in [0.15, 0.2) is 5.75 Å². The van der Waals surface area contributed by atoms with Crippen molar-refractivity contribution in [1.29, 1.82) is 0 Å². The lowest BCUT2D eigenvalue weighted by atomic mass is 10.00. The first kappa shape index (κ1) is 14.0. The molecule has 0 aliphatic carbocycles. The van der Waals surface area contributed by atoms with Gasteiger partial charge in [0.2, 0.25) is 0 Å². The van der Waals surface area contributed by atoms with Gasteiger partial charge in [-0.15, -0.1) is 0 Å². The highest BCUT2D eigenvalue weighted by Gasteiger charge is 2.23. The Hall–Kier alpha value is -1.03. The lowest BCUT2D eigenvalue weighted by Crippen LogP contribution is -2.29. The third-order valence-corrected chi connectivity index (χ3v) is 2.94. The molecule has 0 radical (unpaired) electrons. The molecule has 1 aromatic rings. The van der Waals surface area contributed by atoms with Crippen LogP contribution >= 0.6 is 0 Å². The van der Waals surface area contributed by atoms with Gasteiger partial charge in [-0.3, -0.25) is 4.68 Å². The smallest absolute Gasteiger partial charge is 0.161 e. The monoisotopic (exact) mass is 239 g/mol. The molecule has 4 heteroatoms. The minimum Gasteiger partial charge on any atom is -0.493 e. The van der Waals surface area contributed by atoms with Crippen molar-refractivity contribution in [2.45, 2.75) is 46.7 Å². The zero-order valence-electron chi connectivity index (χ0n) is 11.7. The summed E-state index contributed by atoms with van der Waals surface area (Å²) < 4.78 is 7.44. The first-order chi connectivity index (χ1) is 8.15. The number of hydrogen-bond donors (Lipinski definition) is 1. The highest BCUT2D eigenvalue weighted by atomic mass is 16.5. The van der Waals surface area contributed by atoms with Crippen molar-refractivity contribution >= 4 is 0 Å². The van der Waals surface area contributed by atoms with Crippen molar-refractivity contribution in [3.8, 4) is 5.75 Å². The lowest BCUT2D eigenvalue weighted by molar-refractivity contribution is 0.353. The summed E-state index contributed by atoms with van der Waals surface area (Å²) in [7, 11) is 1.71. The molecule has 0 aliphatic rings. The number of nitrogens with zero attached hydrogens (tertiary/aromatic N) is 2. The fourth-order valence-corrected chi connectivity index (χ4v) is 2.05. The average Bonchev–Trinajstić information content (AvgIpc) is 2.72. The Morgan fingerprint density at radius 2 is 2.12 bits per heavy atom. The lowest BCUT2D eigenvalue weighted by Gasteiger charge is -2.24. The van der Waals surface area contributed by atoms with E-state index >= 15 is 0 Å². The Labute approximate surface area is 104 Å². The molecule has 1 aromatic heterocycles. The maximum Gasteiger partial charge on any atom is 0.161 e. The van der Waals surface area contributed by atoms with Crippen molar-refractivity contribution in [2.75, 3.05) is 13.7 Å². The van der Waals surface area contributed by atoms with Gasteiger partial charge in [0.1, 0.15) is 0 Å². The molecule has 98 valence electrons. The molecule has 1 heterocycles. The van der Waals surface area contributed by atoms with Crippen LogP contribution in [0.4, 0.5) is 0 Å². The van der Waals surface area contributed by atoms with E-state index < -0.39 is 0 Å². The summed E-state index contributed by atoms with van der Waals surface area (Å²) in [6.07, 6.45) is 2.94. The largest absolute Gasteiger partial charge is 0.493 e. The maximum absolute atomic E-state index is 5.42. The van der Waals surface area contributed by atoms with Crippen LogP contribution in [0, 0.1) is 5.92 Å². The second-order valence-corrected chi connectivity index (χ2v) is 4.59. The predicted octanol–water partition coefficient (Wildman–Crippen LogP) is 2.61. The number of hydrogen-bond acceptors (Lipinski definition) is 3. The summed E-state index contributed by atoms with van der Waals surface area (Å²) in [4.78, 5) is 0. The molecule has 17 heavy (non-hydrogen) atoms. The topological polar surface area (TPSA) is 39.1 Å². The van der Waals surface area contributed by atoms with Crippen molar-refractivity contribution in [3.63, 3.8) is 0 Å². The van der Waals surface area contributed by atoms with E-state index in [1.54, 1.807) is 7.11 Å². The van der Waals surface area contributed by atoms with E-state index in [0.717, 1.165) is 25.3 Å². The number of aryl methyl sites for hydroxylation is 1. The third kappa shape index (κ3) is 3.22. The van der Waals surface area contributed by atoms with Crippen molar-refractivity contribution < 1.29 is 4.74 Å². The van der Waals surface area contributed by atoms with Gasteiger partial charge in [-0.05, 0) is 25.8 Å². The highest BCUT2D eigenvalue weighted by molar-refractivity contribution is 5.28. The molecular weight excluding hydrogens is 214 g/mol. The van der Waals surface area contributed by atoms with Gasteiger partial charge in [0, 0.05) is 6.54 Å². The van der Waals surface area contributed by atoms with Gasteiger partial charge in [-0.25, -0.2) is 0 Å². The van der Waals surface area contributed by atoms with Gasteiger partial charge < -0.3 is 10.1 Å². The Morgan fingerprint density at radius 1 is 1.41 bits per heavy atom. The Kier molecular flexibility index (Phi) is 5.48. The van der Waals surface area contributed by atoms with Crippen LogP contribution in [0.25, 0.3) is 0 Å². The number of methoxy groups -OCH3 is 1. The molecule has 0 saturated carbocycles. The molecule has 0 bridgehead atoms. The summed E-state index contributed by atoms with van der Waals surface area (Å²) in [5.74, 6) is 1.40. The minimum atomic E-state index is 0.298. The predicted molar refractivity (Wildman–Crippen MR) is 70.3 cm³/mol. The van der Waals surface area contributed by atoms with E-state index in [-0.39, 0.29) is 0 Å². The van der Waals surface area contributed by atoms with E-state index in [1.165, 1.54) is 5.69 Å². The van der Waals surface area contributed by atoms with E-state index in [2.05, 4.69) is 38.1 Å². The standard InChI is InChI=1S/C13H25N3O/c1-6-8-14-12(10(3)4)13-11(17-5)9-15-16(13)7-2/h9-10,12,14H,6-8H2,1-5H3. The number of aromatic nitrogens is 2. The molecule has 0 spiro atoms. The number of rotatable bonds is 7. The van der Waals surface area contributed by atoms with Gasteiger partial charge >= 0.3 is 0 Å². The molecule has 1 rings (SSSR count). The minimum absolute atomic E-state index is 0.298. The molecule has 1 atom stereocenters. The maximum atomic E-state index is 5.42. The van der Waals surface area contributed by atoms with Crippen LogP contribution in [0.15, 0.2) is 6.20 Å². The van der Waals surface area contributed by atoms with Gasteiger partial charge in [0.05, 0.1) is 25.0 Å².